The summed E-state index contributed by atoms with van der Waals surface area (Å²) in [6.07, 6.45) is 5.27. The van der Waals surface area contributed by atoms with Gasteiger partial charge in [0.05, 0.1) is 27.2 Å². The molecule has 0 aliphatic heterocycles. The van der Waals surface area contributed by atoms with Crippen LogP contribution in [-0.2, 0) is 0 Å². The maximum atomic E-state index is 13.1. The Hall–Kier alpha value is -0.380. The Balaban J connectivity index is 1.58. The van der Waals surface area contributed by atoms with Gasteiger partial charge in [0, 0.05) is 0 Å². The van der Waals surface area contributed by atoms with E-state index in [0.717, 1.165) is 38.5 Å². The third kappa shape index (κ3) is 4.27. The summed E-state index contributed by atoms with van der Waals surface area (Å²) in [5.41, 5.74) is 0.553. The Morgan fingerprint density at radius 1 is 1.09 bits per heavy atom. The van der Waals surface area contributed by atoms with E-state index in [0.29, 0.717) is 30.6 Å². The number of halogens is 3. The average molecular weight is 460 g/mol. The molecule has 182 valence electrons. The minimum absolute atomic E-state index is 0.0343. The van der Waals surface area contributed by atoms with E-state index in [2.05, 4.69) is 26.8 Å². The second kappa shape index (κ2) is 8.07. The van der Waals surface area contributed by atoms with Crippen molar-refractivity contribution in [1.82, 2.24) is 0 Å². The lowest BCUT2D eigenvalue weighted by Gasteiger charge is -2.65. The molecule has 3 fully saturated rings. The monoisotopic (exact) mass is 460 g/mol. The van der Waals surface area contributed by atoms with E-state index in [9.17, 15) is 18.3 Å². The summed E-state index contributed by atoms with van der Waals surface area (Å²) in [5, 5.41) is 9.90. The largest absolute Gasteiger partial charge is 0.391 e. The molecule has 1 N–H and O–H groups in total. The van der Waals surface area contributed by atoms with Crippen LogP contribution in [0.3, 0.4) is 0 Å². The smallest absolute Gasteiger partial charge is 0.390 e. The predicted octanol–water partition coefficient (Wildman–Crippen LogP) is 6.99. The van der Waals surface area contributed by atoms with Crippen LogP contribution in [0.1, 0.15) is 92.4 Å². The van der Waals surface area contributed by atoms with E-state index in [1.807, 2.05) is 6.92 Å². The van der Waals surface area contributed by atoms with Gasteiger partial charge in [-0.1, -0.05) is 51.0 Å². The second-order valence-electron chi connectivity index (χ2n) is 13.3. The van der Waals surface area contributed by atoms with E-state index in [1.54, 1.807) is 0 Å². The van der Waals surface area contributed by atoms with Crippen LogP contribution in [0.25, 0.3) is 0 Å². The fourth-order valence-electron chi connectivity index (χ4n) is 9.17. The van der Waals surface area contributed by atoms with Crippen LogP contribution in [0, 0.1) is 46.3 Å². The summed E-state index contributed by atoms with van der Waals surface area (Å²) in [7, 11) is 14.0. The molecule has 0 bridgehead atoms. The molecule has 0 aromatic rings. The van der Waals surface area contributed by atoms with Crippen LogP contribution in [-0.4, -0.2) is 32.6 Å². The Kier molecular flexibility index (Phi) is 6.28. The van der Waals surface area contributed by atoms with E-state index in [4.69, 9.17) is 15.7 Å². The summed E-state index contributed by atoms with van der Waals surface area (Å²) in [4.78, 5) is 0. The molecule has 6 heteroatoms. The zero-order valence-electron chi connectivity index (χ0n) is 21.1. The van der Waals surface area contributed by atoms with Gasteiger partial charge in [-0.2, -0.15) is 13.2 Å². The van der Waals surface area contributed by atoms with Crippen molar-refractivity contribution in [2.24, 2.45) is 46.3 Å². The van der Waals surface area contributed by atoms with Crippen LogP contribution < -0.4 is 0 Å². The van der Waals surface area contributed by atoms with Gasteiger partial charge in [-0.25, -0.2) is 0 Å². The fraction of sp³-hybridized carbons (Fsp3) is 0.926. The minimum atomic E-state index is -4.12. The SMILES string of the molecule is [B]C1([B])CC2(C)C(CCC2[C@H](C)CCC(C)C(F)(F)F)C2CC=C3C[C@@](C)(O)CCC3(C)C21. The fourth-order valence-corrected chi connectivity index (χ4v) is 9.17. The van der Waals surface area contributed by atoms with Gasteiger partial charge in [0.25, 0.3) is 0 Å². The third-order valence-corrected chi connectivity index (χ3v) is 10.8. The van der Waals surface area contributed by atoms with Gasteiger partial charge in [0.15, 0.2) is 0 Å². The normalized spacial score (nSPS) is 46.5. The number of hydrogen-bond acceptors (Lipinski definition) is 1. The Bertz CT molecular complexity index is 791. The zero-order valence-corrected chi connectivity index (χ0v) is 21.1. The molecule has 1 nitrogen and oxygen atoms in total. The van der Waals surface area contributed by atoms with Crippen LogP contribution in [0.5, 0.6) is 0 Å². The van der Waals surface area contributed by atoms with Crippen molar-refractivity contribution in [3.63, 3.8) is 0 Å². The lowest BCUT2D eigenvalue weighted by Crippen LogP contribution is -2.58. The zero-order chi connectivity index (χ0) is 24.6. The summed E-state index contributed by atoms with van der Waals surface area (Å²) in [5.74, 6) is 0.426. The Labute approximate surface area is 201 Å². The first-order valence-electron chi connectivity index (χ1n) is 13.1. The minimum Gasteiger partial charge on any atom is -0.390 e. The van der Waals surface area contributed by atoms with Crippen molar-refractivity contribution >= 4 is 15.7 Å². The lowest BCUT2D eigenvalue weighted by atomic mass is 9.30. The van der Waals surface area contributed by atoms with Crippen molar-refractivity contribution in [2.45, 2.75) is 109 Å². The van der Waals surface area contributed by atoms with Gasteiger partial charge in [-0.3, -0.25) is 0 Å². The molecular weight excluding hydrogens is 419 g/mol. The van der Waals surface area contributed by atoms with Crippen molar-refractivity contribution in [3.05, 3.63) is 11.6 Å². The maximum absolute atomic E-state index is 13.1. The highest BCUT2D eigenvalue weighted by Crippen LogP contribution is 2.73. The van der Waals surface area contributed by atoms with Crippen molar-refractivity contribution in [3.8, 4) is 0 Å². The molecule has 0 aromatic carbocycles. The van der Waals surface area contributed by atoms with E-state index >= 15 is 0 Å². The molecule has 4 rings (SSSR count). The second-order valence-corrected chi connectivity index (χ2v) is 13.3. The van der Waals surface area contributed by atoms with Crippen LogP contribution in [0.15, 0.2) is 11.6 Å². The summed E-state index contributed by atoms with van der Waals surface area (Å²) < 4.78 is 39.2. The molecule has 33 heavy (non-hydrogen) atoms. The summed E-state index contributed by atoms with van der Waals surface area (Å²) >= 11 is 0. The highest BCUT2D eigenvalue weighted by atomic mass is 19.4. The molecule has 9 atom stereocenters. The highest BCUT2D eigenvalue weighted by molar-refractivity contribution is 6.40. The van der Waals surface area contributed by atoms with Gasteiger partial charge < -0.3 is 5.11 Å². The number of aliphatic hydroxyl groups is 1. The molecule has 4 aliphatic carbocycles. The molecule has 3 saturated carbocycles. The van der Waals surface area contributed by atoms with Gasteiger partial charge in [-0.05, 0) is 98.7 Å². The molecule has 4 aliphatic rings. The Morgan fingerprint density at radius 2 is 1.76 bits per heavy atom. The first-order valence-corrected chi connectivity index (χ1v) is 13.1. The molecule has 4 radical (unpaired) electrons. The van der Waals surface area contributed by atoms with Crippen molar-refractivity contribution in [1.29, 1.82) is 0 Å². The van der Waals surface area contributed by atoms with Crippen LogP contribution >= 0.6 is 0 Å². The summed E-state index contributed by atoms with van der Waals surface area (Å²) in [6.45, 7) is 10.0. The number of hydrogen-bond donors (Lipinski definition) is 1. The molecule has 0 amide bonds. The van der Waals surface area contributed by atoms with Crippen molar-refractivity contribution in [2.75, 3.05) is 0 Å². The standard InChI is InChI=1S/C27H41B2F3O/c1-16(6-7-17(2)27(30,31)32)20-10-11-21-19-9-8-18-14-23(3,33)12-13-24(18,4)22(19)26(28,29)15-25(20,21)5/h8,16-17,19-22,33H,6-7,9-15H2,1-5H3/t16-,17?,19?,20?,21?,22?,23+,24?,25?/m1/s1. The average Bonchev–Trinajstić information content (AvgIpc) is 3.00. The third-order valence-electron chi connectivity index (χ3n) is 10.8. The van der Waals surface area contributed by atoms with Gasteiger partial charge >= 0.3 is 6.18 Å². The molecule has 0 spiro atoms. The topological polar surface area (TPSA) is 20.2 Å². The quantitative estimate of drug-likeness (QED) is 0.354. The first kappa shape index (κ1) is 25.7. The number of fused-ring (bicyclic) bond motifs is 5. The predicted molar refractivity (Wildman–Crippen MR) is 129 cm³/mol. The summed E-state index contributed by atoms with van der Waals surface area (Å²) in [6, 6.07) is 0. The van der Waals surface area contributed by atoms with E-state index in [1.165, 1.54) is 12.5 Å². The van der Waals surface area contributed by atoms with Crippen molar-refractivity contribution < 1.29 is 18.3 Å². The van der Waals surface area contributed by atoms with Gasteiger partial charge in [-0.15, -0.1) is 0 Å². The Morgan fingerprint density at radius 3 is 2.39 bits per heavy atom. The molecule has 0 aromatic heterocycles. The van der Waals surface area contributed by atoms with Crippen LogP contribution in [0.4, 0.5) is 13.2 Å². The number of alkyl halides is 3. The van der Waals surface area contributed by atoms with Crippen LogP contribution in [0.2, 0.25) is 5.21 Å². The molecule has 7 unspecified atom stereocenters. The molecule has 0 saturated heterocycles. The molecular formula is C27H41B2F3O. The van der Waals surface area contributed by atoms with Gasteiger partial charge in [0.2, 0.25) is 0 Å². The highest BCUT2D eigenvalue weighted by Gasteiger charge is 2.64. The number of allylic oxidation sites excluding steroid dienone is 1. The number of rotatable bonds is 4. The van der Waals surface area contributed by atoms with E-state index in [-0.39, 0.29) is 29.1 Å². The molecule has 0 heterocycles. The lowest BCUT2D eigenvalue weighted by molar-refractivity contribution is -0.172. The first-order chi connectivity index (χ1) is 15.0. The maximum Gasteiger partial charge on any atom is 0.391 e. The van der Waals surface area contributed by atoms with Gasteiger partial charge in [0.1, 0.15) is 0 Å². The van der Waals surface area contributed by atoms with E-state index < -0.39 is 22.9 Å².